The number of carbonyl (C=O) groups is 2. The number of para-hydroxylation sites is 1. The predicted octanol–water partition coefficient (Wildman–Crippen LogP) is 3.54. The van der Waals surface area contributed by atoms with Gasteiger partial charge in [-0.3, -0.25) is 19.7 Å². The van der Waals surface area contributed by atoms with Crippen LogP contribution in [0.2, 0.25) is 10.0 Å². The molecule has 2 amide bonds. The van der Waals surface area contributed by atoms with Crippen molar-refractivity contribution in [1.29, 1.82) is 0 Å². The lowest BCUT2D eigenvalue weighted by atomic mass is 10.1. The Morgan fingerprint density at radius 3 is 2.23 bits per heavy atom. The van der Waals surface area contributed by atoms with Gasteiger partial charge in [0.2, 0.25) is 11.8 Å². The topological polar surface area (TPSA) is 92.6 Å². The van der Waals surface area contributed by atoms with Gasteiger partial charge in [-0.25, -0.2) is 0 Å². The second kappa shape index (κ2) is 8.64. The predicted molar refractivity (Wildman–Crippen MR) is 99.5 cm³/mol. The highest BCUT2D eigenvalue weighted by Gasteiger charge is 2.16. The first-order valence-electron chi connectivity index (χ1n) is 7.49. The first-order valence-corrected chi connectivity index (χ1v) is 8.24. The number of halogens is 2. The SMILES string of the molecule is CN(CC(=O)Nc1c(Cl)cccc1Cl)C(=O)Cc1ccc([N+](=O)[O-])cc1. The standard InChI is InChI=1S/C17H15Cl2N3O4/c1-21(10-15(23)20-17-13(18)3-2-4-14(17)19)16(24)9-11-5-7-12(8-6-11)22(25)26/h2-8H,9-10H2,1H3,(H,20,23). The smallest absolute Gasteiger partial charge is 0.269 e. The number of nitrogens with one attached hydrogen (secondary N) is 1. The van der Waals surface area contributed by atoms with Gasteiger partial charge in [0.05, 0.1) is 33.6 Å². The number of nitro benzene ring substituents is 1. The summed E-state index contributed by atoms with van der Waals surface area (Å²) in [5.41, 5.74) is 0.851. The number of amides is 2. The molecule has 0 spiro atoms. The van der Waals surface area contributed by atoms with Crippen molar-refractivity contribution >= 4 is 46.4 Å². The Balaban J connectivity index is 1.93. The first kappa shape index (κ1) is 19.7. The molecule has 0 aliphatic carbocycles. The van der Waals surface area contributed by atoms with E-state index >= 15 is 0 Å². The number of nitrogens with zero attached hydrogens (tertiary/aromatic N) is 2. The number of carbonyl (C=O) groups excluding carboxylic acids is 2. The van der Waals surface area contributed by atoms with Crippen LogP contribution >= 0.6 is 23.2 Å². The van der Waals surface area contributed by atoms with E-state index in [9.17, 15) is 19.7 Å². The molecular weight excluding hydrogens is 381 g/mol. The number of rotatable bonds is 6. The number of nitro groups is 1. The molecule has 0 saturated carbocycles. The van der Waals surface area contributed by atoms with Crippen LogP contribution in [0.4, 0.5) is 11.4 Å². The molecule has 0 atom stereocenters. The highest BCUT2D eigenvalue weighted by atomic mass is 35.5. The summed E-state index contributed by atoms with van der Waals surface area (Å²) in [5, 5.41) is 13.8. The molecule has 9 heteroatoms. The van der Waals surface area contributed by atoms with Gasteiger partial charge >= 0.3 is 0 Å². The largest absolute Gasteiger partial charge is 0.336 e. The molecule has 1 N–H and O–H groups in total. The second-order valence-corrected chi connectivity index (χ2v) is 6.31. The van der Waals surface area contributed by atoms with Crippen molar-refractivity contribution in [2.24, 2.45) is 0 Å². The number of anilines is 1. The Labute approximate surface area is 159 Å². The zero-order chi connectivity index (χ0) is 19.3. The summed E-state index contributed by atoms with van der Waals surface area (Å²) in [5.74, 6) is -0.751. The minimum absolute atomic E-state index is 0.0224. The van der Waals surface area contributed by atoms with Gasteiger partial charge in [0.15, 0.2) is 0 Å². The molecule has 0 fully saturated rings. The molecule has 0 aliphatic rings. The lowest BCUT2D eigenvalue weighted by Gasteiger charge is -2.17. The summed E-state index contributed by atoms with van der Waals surface area (Å²) >= 11 is 12.0. The van der Waals surface area contributed by atoms with E-state index in [1.54, 1.807) is 18.2 Å². The van der Waals surface area contributed by atoms with Gasteiger partial charge in [0.25, 0.3) is 5.69 Å². The van der Waals surface area contributed by atoms with E-state index in [2.05, 4.69) is 5.32 Å². The molecule has 0 unspecified atom stereocenters. The van der Waals surface area contributed by atoms with Gasteiger partial charge in [-0.15, -0.1) is 0 Å². The van der Waals surface area contributed by atoms with Crippen molar-refractivity contribution in [2.45, 2.75) is 6.42 Å². The minimum Gasteiger partial charge on any atom is -0.336 e. The summed E-state index contributed by atoms with van der Waals surface area (Å²) in [4.78, 5) is 35.7. The van der Waals surface area contributed by atoms with E-state index in [1.165, 1.54) is 36.2 Å². The monoisotopic (exact) mass is 395 g/mol. The van der Waals surface area contributed by atoms with Gasteiger partial charge < -0.3 is 10.2 Å². The fourth-order valence-electron chi connectivity index (χ4n) is 2.14. The van der Waals surface area contributed by atoms with Crippen LogP contribution in [0.25, 0.3) is 0 Å². The Kier molecular flexibility index (Phi) is 6.54. The van der Waals surface area contributed by atoms with Crippen molar-refractivity contribution in [3.63, 3.8) is 0 Å². The molecule has 2 rings (SSSR count). The average Bonchev–Trinajstić information content (AvgIpc) is 2.58. The highest BCUT2D eigenvalue weighted by molar-refractivity contribution is 6.39. The van der Waals surface area contributed by atoms with Crippen molar-refractivity contribution in [3.05, 3.63) is 68.2 Å². The molecule has 2 aromatic rings. The fraction of sp³-hybridized carbons (Fsp3) is 0.176. The first-order chi connectivity index (χ1) is 12.3. The van der Waals surface area contributed by atoms with Crippen LogP contribution in [0, 0.1) is 10.1 Å². The quantitative estimate of drug-likeness (QED) is 0.597. The fourth-order valence-corrected chi connectivity index (χ4v) is 2.64. The Bertz CT molecular complexity index is 820. The summed E-state index contributed by atoms with van der Waals surface area (Å²) in [6.45, 7) is -0.187. The van der Waals surface area contributed by atoms with Crippen molar-refractivity contribution in [3.8, 4) is 0 Å². The second-order valence-electron chi connectivity index (χ2n) is 5.49. The van der Waals surface area contributed by atoms with E-state index in [0.717, 1.165) is 0 Å². The third-order valence-corrected chi connectivity index (χ3v) is 4.17. The van der Waals surface area contributed by atoms with Gasteiger partial charge in [0, 0.05) is 19.2 Å². The van der Waals surface area contributed by atoms with E-state index in [4.69, 9.17) is 23.2 Å². The molecule has 7 nitrogen and oxygen atoms in total. The van der Waals surface area contributed by atoms with Crippen LogP contribution in [0.3, 0.4) is 0 Å². The van der Waals surface area contributed by atoms with Crippen molar-refractivity contribution in [1.82, 2.24) is 4.90 Å². The molecular formula is C17H15Cl2N3O4. The van der Waals surface area contributed by atoms with Crippen LogP contribution < -0.4 is 5.32 Å². The maximum atomic E-state index is 12.2. The van der Waals surface area contributed by atoms with Crippen LogP contribution in [-0.4, -0.2) is 35.2 Å². The van der Waals surface area contributed by atoms with E-state index in [1.807, 2.05) is 0 Å². The van der Waals surface area contributed by atoms with E-state index in [0.29, 0.717) is 15.6 Å². The summed E-state index contributed by atoms with van der Waals surface area (Å²) in [6, 6.07) is 10.5. The number of likely N-dealkylation sites (N-methyl/N-ethyl adjacent to an activating group) is 1. The zero-order valence-electron chi connectivity index (χ0n) is 13.7. The number of hydrogen-bond acceptors (Lipinski definition) is 4. The molecule has 0 bridgehead atoms. The molecule has 26 heavy (non-hydrogen) atoms. The van der Waals surface area contributed by atoms with Gasteiger partial charge in [-0.2, -0.15) is 0 Å². The number of hydrogen-bond donors (Lipinski definition) is 1. The maximum Gasteiger partial charge on any atom is 0.269 e. The molecule has 0 aliphatic heterocycles. The van der Waals surface area contributed by atoms with Gasteiger partial charge in [0.1, 0.15) is 0 Å². The number of non-ortho nitro benzene ring substituents is 1. The third kappa shape index (κ3) is 5.18. The molecule has 0 heterocycles. The molecule has 0 aromatic heterocycles. The normalized spacial score (nSPS) is 10.3. The third-order valence-electron chi connectivity index (χ3n) is 3.54. The molecule has 0 radical (unpaired) electrons. The minimum atomic E-state index is -0.512. The lowest BCUT2D eigenvalue weighted by molar-refractivity contribution is -0.384. The van der Waals surface area contributed by atoms with Crippen LogP contribution in [0.1, 0.15) is 5.56 Å². The average molecular weight is 396 g/mol. The van der Waals surface area contributed by atoms with Crippen LogP contribution in [0.5, 0.6) is 0 Å². The molecule has 2 aromatic carbocycles. The van der Waals surface area contributed by atoms with Gasteiger partial charge in [-0.1, -0.05) is 41.4 Å². The summed E-state index contributed by atoms with van der Waals surface area (Å²) in [7, 11) is 1.49. The summed E-state index contributed by atoms with van der Waals surface area (Å²) < 4.78 is 0. The highest BCUT2D eigenvalue weighted by Crippen LogP contribution is 2.29. The zero-order valence-corrected chi connectivity index (χ0v) is 15.3. The number of benzene rings is 2. The van der Waals surface area contributed by atoms with Crippen LogP contribution in [-0.2, 0) is 16.0 Å². The van der Waals surface area contributed by atoms with E-state index < -0.39 is 10.8 Å². The summed E-state index contributed by atoms with van der Waals surface area (Å²) in [6.07, 6.45) is 0.0224. The van der Waals surface area contributed by atoms with E-state index in [-0.39, 0.29) is 30.2 Å². The lowest BCUT2D eigenvalue weighted by Crippen LogP contribution is -2.35. The Morgan fingerprint density at radius 2 is 1.69 bits per heavy atom. The maximum absolute atomic E-state index is 12.2. The molecule has 136 valence electrons. The Hall–Kier alpha value is -2.64. The van der Waals surface area contributed by atoms with Crippen molar-refractivity contribution < 1.29 is 14.5 Å². The van der Waals surface area contributed by atoms with Crippen LogP contribution in [0.15, 0.2) is 42.5 Å². The Morgan fingerprint density at radius 1 is 1.12 bits per heavy atom. The van der Waals surface area contributed by atoms with Gasteiger partial charge in [-0.05, 0) is 17.7 Å². The molecule has 0 saturated heterocycles. The van der Waals surface area contributed by atoms with Crippen molar-refractivity contribution in [2.75, 3.05) is 18.9 Å².